The number of rotatable bonds is 10. The highest BCUT2D eigenvalue weighted by Crippen LogP contribution is 2.20. The Bertz CT molecular complexity index is 1610. The molecule has 10 heteroatoms. The van der Waals surface area contributed by atoms with E-state index in [0.717, 1.165) is 29.7 Å². The maximum Gasteiger partial charge on any atom is 0.375 e. The summed E-state index contributed by atoms with van der Waals surface area (Å²) in [5.41, 5.74) is 4.24. The Kier molecular flexibility index (Phi) is 15.1. The highest BCUT2D eigenvalue weighted by molar-refractivity contribution is 6.17. The zero-order valence-electron chi connectivity index (χ0n) is 27.5. The quantitative estimate of drug-likeness (QED) is 0.229. The summed E-state index contributed by atoms with van der Waals surface area (Å²) in [4.78, 5) is 48.1. The number of benzene rings is 2. The number of carbonyl (C=O) groups is 2. The first-order valence-electron chi connectivity index (χ1n) is 15.4. The summed E-state index contributed by atoms with van der Waals surface area (Å²) in [6.45, 7) is 14.8. The number of imide groups is 1. The molecular formula is C35H46N6O4. The van der Waals surface area contributed by atoms with Crippen LogP contribution in [0.2, 0.25) is 0 Å². The second-order valence-electron chi connectivity index (χ2n) is 10.5. The molecule has 3 aromatic rings. The highest BCUT2D eigenvalue weighted by atomic mass is 16.2. The van der Waals surface area contributed by atoms with Gasteiger partial charge in [0.15, 0.2) is 0 Å². The molecule has 240 valence electrons. The molecule has 1 unspecified atom stereocenters. The monoisotopic (exact) mass is 614 g/mol. The number of nitrogens with zero attached hydrogens (tertiary/aromatic N) is 5. The van der Waals surface area contributed by atoms with E-state index in [9.17, 15) is 19.2 Å². The first kappa shape index (κ1) is 36.3. The van der Waals surface area contributed by atoms with E-state index in [1.807, 2.05) is 32.0 Å². The molecule has 10 nitrogen and oxygen atoms in total. The maximum atomic E-state index is 12.8. The van der Waals surface area contributed by atoms with Crippen LogP contribution in [0.25, 0.3) is 5.69 Å². The molecule has 0 aliphatic carbocycles. The van der Waals surface area contributed by atoms with Crippen LogP contribution >= 0.6 is 0 Å². The molecule has 2 aromatic carbocycles. The van der Waals surface area contributed by atoms with Crippen LogP contribution in [-0.2, 0) is 0 Å². The van der Waals surface area contributed by atoms with E-state index < -0.39 is 17.8 Å². The Morgan fingerprint density at radius 3 is 1.71 bits per heavy atom. The fraction of sp³-hybridized carbons (Fsp3) is 0.371. The summed E-state index contributed by atoms with van der Waals surface area (Å²) in [7, 11) is 0. The summed E-state index contributed by atoms with van der Waals surface area (Å²) in [6.07, 6.45) is 11.6. The SMILES string of the molecule is CC/C(C)=C\C/C=C(\C)C(CC)n1[nH]c(=O)n(-c2ccccc2)c1=O.CC/C=C(/C)CC.O=C1N=NC(=O)N1c1ccccc1. The van der Waals surface area contributed by atoms with Gasteiger partial charge in [-0.15, -0.1) is 0 Å². The Morgan fingerprint density at radius 1 is 0.733 bits per heavy atom. The number of H-pyrrole nitrogens is 1. The molecule has 45 heavy (non-hydrogen) atoms. The zero-order valence-corrected chi connectivity index (χ0v) is 27.5. The lowest BCUT2D eigenvalue weighted by atomic mass is 10.0. The molecule has 0 bridgehead atoms. The van der Waals surface area contributed by atoms with Gasteiger partial charge in [-0.05, 0) is 77.1 Å². The van der Waals surface area contributed by atoms with Gasteiger partial charge in [0.05, 0.1) is 17.4 Å². The van der Waals surface area contributed by atoms with Crippen molar-refractivity contribution in [3.8, 4) is 5.69 Å². The third kappa shape index (κ3) is 10.7. The van der Waals surface area contributed by atoms with Gasteiger partial charge in [0.25, 0.3) is 0 Å². The Morgan fingerprint density at radius 2 is 1.24 bits per heavy atom. The molecule has 2 heterocycles. The van der Waals surface area contributed by atoms with Crippen molar-refractivity contribution >= 4 is 17.7 Å². The van der Waals surface area contributed by atoms with Crippen LogP contribution in [0.3, 0.4) is 0 Å². The molecule has 1 N–H and O–H groups in total. The van der Waals surface area contributed by atoms with Gasteiger partial charge >= 0.3 is 23.4 Å². The van der Waals surface area contributed by atoms with Crippen molar-refractivity contribution in [3.63, 3.8) is 0 Å². The van der Waals surface area contributed by atoms with Crippen LogP contribution in [0.1, 0.15) is 86.6 Å². The lowest BCUT2D eigenvalue weighted by molar-refractivity contribution is 0.249. The van der Waals surface area contributed by atoms with Crippen LogP contribution in [0.15, 0.2) is 115 Å². The van der Waals surface area contributed by atoms with Gasteiger partial charge < -0.3 is 0 Å². The summed E-state index contributed by atoms with van der Waals surface area (Å²) in [6, 6.07) is 16.1. The molecule has 0 saturated carbocycles. The molecule has 1 atom stereocenters. The van der Waals surface area contributed by atoms with E-state index in [4.69, 9.17) is 0 Å². The maximum absolute atomic E-state index is 12.8. The van der Waals surface area contributed by atoms with Crippen molar-refractivity contribution in [3.05, 3.63) is 117 Å². The standard InChI is InChI=1S/C20H27N3O2.C8H5N3O2.C7H14/c1-5-15(3)11-10-12-16(4)18(6-2)23-20(25)22(19(24)21-23)17-13-8-7-9-14-17;12-7-9-10-8(13)11(7)6-4-2-1-3-5-6;1-4-6-7(3)5-2/h7-9,11-14,18H,5-6,10H2,1-4H3,(H,21,24);1-5H;6H,4-5H2,1-3H3/b15-11-,16-12+;;7-6-. The molecule has 1 aliphatic rings. The lowest BCUT2D eigenvalue weighted by Crippen LogP contribution is -2.29. The minimum Gasteiger partial charge on any atom is -0.246 e. The molecule has 0 saturated heterocycles. The van der Waals surface area contributed by atoms with E-state index in [1.165, 1.54) is 33.2 Å². The van der Waals surface area contributed by atoms with Gasteiger partial charge in [0.2, 0.25) is 0 Å². The Balaban J connectivity index is 0.000000291. The number of amides is 4. The zero-order chi connectivity index (χ0) is 33.4. The van der Waals surface area contributed by atoms with Crippen molar-refractivity contribution in [1.29, 1.82) is 0 Å². The molecular weight excluding hydrogens is 568 g/mol. The van der Waals surface area contributed by atoms with E-state index in [2.05, 4.69) is 68.2 Å². The average Bonchev–Trinajstić information content (AvgIpc) is 3.54. The van der Waals surface area contributed by atoms with Crippen molar-refractivity contribution in [2.45, 2.75) is 86.6 Å². The number of aromatic amines is 1. The van der Waals surface area contributed by atoms with Gasteiger partial charge in [0, 0.05) is 0 Å². The molecule has 1 aliphatic heterocycles. The van der Waals surface area contributed by atoms with Crippen molar-refractivity contribution in [2.75, 3.05) is 4.90 Å². The fourth-order valence-electron chi connectivity index (χ4n) is 4.39. The second-order valence-corrected chi connectivity index (χ2v) is 10.5. The number of anilines is 1. The molecule has 0 radical (unpaired) electrons. The number of hydrogen-bond acceptors (Lipinski definition) is 4. The predicted octanol–water partition coefficient (Wildman–Crippen LogP) is 8.92. The summed E-state index contributed by atoms with van der Waals surface area (Å²) >= 11 is 0. The summed E-state index contributed by atoms with van der Waals surface area (Å²) in [5.74, 6) is 0. The second kappa shape index (κ2) is 18.7. The number of azo groups is 1. The number of carbonyl (C=O) groups excluding carboxylic acids is 2. The largest absolute Gasteiger partial charge is 0.375 e. The molecule has 4 amide bonds. The van der Waals surface area contributed by atoms with Crippen LogP contribution in [0.5, 0.6) is 0 Å². The van der Waals surface area contributed by atoms with Crippen molar-refractivity contribution < 1.29 is 9.59 Å². The normalized spacial score (nSPS) is 14.1. The van der Waals surface area contributed by atoms with Gasteiger partial charge in [-0.25, -0.2) is 38.4 Å². The van der Waals surface area contributed by atoms with Gasteiger partial charge in [-0.2, -0.15) is 0 Å². The number of nitrogens with one attached hydrogen (secondary N) is 1. The van der Waals surface area contributed by atoms with Crippen LogP contribution in [0, 0.1) is 0 Å². The fourth-order valence-corrected chi connectivity index (χ4v) is 4.39. The van der Waals surface area contributed by atoms with Gasteiger partial charge in [0.1, 0.15) is 0 Å². The van der Waals surface area contributed by atoms with Gasteiger partial charge in [-0.1, -0.05) is 109 Å². The topological polar surface area (TPSA) is 122 Å². The first-order valence-corrected chi connectivity index (χ1v) is 15.4. The lowest BCUT2D eigenvalue weighted by Gasteiger charge is -2.16. The molecule has 0 spiro atoms. The van der Waals surface area contributed by atoms with Crippen molar-refractivity contribution in [1.82, 2.24) is 14.3 Å². The molecule has 1 aromatic heterocycles. The number of para-hydroxylation sites is 2. The number of urea groups is 2. The van der Waals surface area contributed by atoms with E-state index in [1.54, 1.807) is 42.5 Å². The predicted molar refractivity (Wildman–Crippen MR) is 181 cm³/mol. The van der Waals surface area contributed by atoms with E-state index in [0.29, 0.717) is 11.4 Å². The first-order chi connectivity index (χ1) is 21.6. The summed E-state index contributed by atoms with van der Waals surface area (Å²) < 4.78 is 2.62. The highest BCUT2D eigenvalue weighted by Gasteiger charge is 2.28. The smallest absolute Gasteiger partial charge is 0.246 e. The molecule has 0 fully saturated rings. The number of aromatic nitrogens is 3. The third-order valence-electron chi connectivity index (χ3n) is 7.25. The van der Waals surface area contributed by atoms with Crippen LogP contribution < -0.4 is 16.3 Å². The minimum absolute atomic E-state index is 0.152. The van der Waals surface area contributed by atoms with E-state index in [-0.39, 0.29) is 11.7 Å². The third-order valence-corrected chi connectivity index (χ3v) is 7.25. The van der Waals surface area contributed by atoms with Gasteiger partial charge in [-0.3, -0.25) is 0 Å². The summed E-state index contributed by atoms with van der Waals surface area (Å²) in [5, 5.41) is 8.98. The number of allylic oxidation sites excluding steroid dienone is 6. The molecule has 4 rings (SSSR count). The Labute approximate surface area is 265 Å². The number of hydrogen-bond donors (Lipinski definition) is 1. The van der Waals surface area contributed by atoms with Crippen LogP contribution in [-0.4, -0.2) is 26.4 Å². The minimum atomic E-state index is -0.642. The van der Waals surface area contributed by atoms with Crippen molar-refractivity contribution in [2.24, 2.45) is 10.2 Å². The average molecular weight is 615 g/mol. The Hall–Kier alpha value is -4.86. The van der Waals surface area contributed by atoms with E-state index >= 15 is 0 Å². The van der Waals surface area contributed by atoms with Crippen LogP contribution in [0.4, 0.5) is 15.3 Å².